The number of carbonyl (C=O) groups excluding carboxylic acids is 2. The lowest BCUT2D eigenvalue weighted by Gasteiger charge is -2.09. The fourth-order valence-electron chi connectivity index (χ4n) is 2.50. The molecule has 0 aliphatic carbocycles. The van der Waals surface area contributed by atoms with Crippen LogP contribution in [-0.2, 0) is 4.79 Å². The maximum absolute atomic E-state index is 12.4. The van der Waals surface area contributed by atoms with Crippen LogP contribution in [0.3, 0.4) is 0 Å². The van der Waals surface area contributed by atoms with Crippen LogP contribution in [0.2, 0.25) is 10.0 Å². The molecule has 164 valence electrons. The van der Waals surface area contributed by atoms with E-state index in [4.69, 9.17) is 32.7 Å². The summed E-state index contributed by atoms with van der Waals surface area (Å²) in [4.78, 5) is 24.4. The first-order valence-electron chi connectivity index (χ1n) is 9.30. The van der Waals surface area contributed by atoms with Crippen LogP contribution in [0.15, 0.2) is 70.2 Å². The Bertz CT molecular complexity index is 1170. The number of benzene rings is 3. The zero-order valence-electron chi connectivity index (χ0n) is 16.8. The molecule has 0 saturated heterocycles. The summed E-state index contributed by atoms with van der Waals surface area (Å²) < 4.78 is 11.6. The number of rotatable bonds is 7. The quantitative estimate of drug-likeness (QED) is 0.179. The molecule has 9 heteroatoms. The van der Waals surface area contributed by atoms with Crippen molar-refractivity contribution in [3.8, 4) is 11.5 Å². The molecule has 0 aliphatic rings. The largest absolute Gasteiger partial charge is 0.482 e. The smallest absolute Gasteiger partial charge is 0.343 e. The Morgan fingerprint density at radius 3 is 2.47 bits per heavy atom. The van der Waals surface area contributed by atoms with Crippen molar-refractivity contribution in [1.82, 2.24) is 5.43 Å². The molecule has 6 nitrogen and oxygen atoms in total. The fraction of sp³-hybridized carbons (Fsp3) is 0.0870. The van der Waals surface area contributed by atoms with Gasteiger partial charge in [0, 0.05) is 15.1 Å². The van der Waals surface area contributed by atoms with Crippen molar-refractivity contribution in [2.75, 3.05) is 6.61 Å². The number of hydrogen-bond acceptors (Lipinski definition) is 5. The molecule has 3 aromatic rings. The molecule has 1 amide bonds. The van der Waals surface area contributed by atoms with E-state index >= 15 is 0 Å². The minimum Gasteiger partial charge on any atom is -0.482 e. The molecule has 3 rings (SSSR count). The fourth-order valence-corrected chi connectivity index (χ4v) is 3.35. The van der Waals surface area contributed by atoms with Gasteiger partial charge in [0.25, 0.3) is 5.91 Å². The van der Waals surface area contributed by atoms with Gasteiger partial charge in [-0.2, -0.15) is 5.10 Å². The summed E-state index contributed by atoms with van der Waals surface area (Å²) in [5, 5.41) is 4.67. The third-order valence-electron chi connectivity index (χ3n) is 4.11. The van der Waals surface area contributed by atoms with E-state index in [1.807, 2.05) is 19.1 Å². The molecule has 3 aromatic carbocycles. The second-order valence-corrected chi connectivity index (χ2v) is 8.35. The average molecular weight is 536 g/mol. The molecule has 0 aromatic heterocycles. The van der Waals surface area contributed by atoms with Gasteiger partial charge < -0.3 is 9.47 Å². The first-order chi connectivity index (χ1) is 15.3. The number of nitrogens with zero attached hydrogens (tertiary/aromatic N) is 1. The van der Waals surface area contributed by atoms with Gasteiger partial charge in [-0.3, -0.25) is 4.79 Å². The van der Waals surface area contributed by atoms with Gasteiger partial charge in [0.05, 0.1) is 16.8 Å². The van der Waals surface area contributed by atoms with Gasteiger partial charge >= 0.3 is 5.97 Å². The molecule has 0 atom stereocenters. The number of hydrazone groups is 1. The summed E-state index contributed by atoms with van der Waals surface area (Å²) in [6.07, 6.45) is 1.37. The Labute approximate surface area is 203 Å². The number of hydrogen-bond donors (Lipinski definition) is 1. The molecular weight excluding hydrogens is 519 g/mol. The highest BCUT2D eigenvalue weighted by Crippen LogP contribution is 2.27. The summed E-state index contributed by atoms with van der Waals surface area (Å²) >= 11 is 15.2. The standard InChI is InChI=1S/C23H17BrCl2N2O4/c1-14-2-4-15(5-3-14)23(30)32-20-8-6-17(24)10-16(20)12-27-28-22(29)13-31-21-9-7-18(25)11-19(21)26/h2-12H,13H2,1H3,(H,28,29)/b27-12+. The van der Waals surface area contributed by atoms with Gasteiger partial charge in [-0.05, 0) is 55.5 Å². The zero-order valence-corrected chi connectivity index (χ0v) is 19.9. The second kappa shape index (κ2) is 11.1. The molecule has 0 bridgehead atoms. The first kappa shape index (κ1) is 23.8. The van der Waals surface area contributed by atoms with Crippen LogP contribution in [0.4, 0.5) is 0 Å². The van der Waals surface area contributed by atoms with Crippen LogP contribution in [-0.4, -0.2) is 24.7 Å². The van der Waals surface area contributed by atoms with Gasteiger partial charge in [-0.25, -0.2) is 10.2 Å². The lowest BCUT2D eigenvalue weighted by molar-refractivity contribution is -0.123. The van der Waals surface area contributed by atoms with Crippen LogP contribution in [0.5, 0.6) is 11.5 Å². The van der Waals surface area contributed by atoms with E-state index in [-0.39, 0.29) is 6.61 Å². The molecular formula is C23H17BrCl2N2O4. The second-order valence-electron chi connectivity index (χ2n) is 6.59. The van der Waals surface area contributed by atoms with E-state index in [9.17, 15) is 9.59 Å². The molecule has 0 heterocycles. The maximum atomic E-state index is 12.4. The van der Waals surface area contributed by atoms with Crippen molar-refractivity contribution in [2.24, 2.45) is 5.10 Å². The van der Waals surface area contributed by atoms with Crippen molar-refractivity contribution in [1.29, 1.82) is 0 Å². The number of nitrogens with one attached hydrogen (secondary N) is 1. The topological polar surface area (TPSA) is 77.0 Å². The summed E-state index contributed by atoms with van der Waals surface area (Å²) in [6.45, 7) is 1.63. The number of carbonyl (C=O) groups is 2. The number of amides is 1. The number of halogens is 3. The van der Waals surface area contributed by atoms with E-state index in [1.165, 1.54) is 12.3 Å². The lowest BCUT2D eigenvalue weighted by atomic mass is 10.1. The molecule has 0 saturated carbocycles. The Kier molecular flexibility index (Phi) is 8.27. The van der Waals surface area contributed by atoms with E-state index < -0.39 is 11.9 Å². The van der Waals surface area contributed by atoms with E-state index in [1.54, 1.807) is 42.5 Å². The first-order valence-corrected chi connectivity index (χ1v) is 10.8. The number of aryl methyl sites for hydroxylation is 1. The monoisotopic (exact) mass is 534 g/mol. The SMILES string of the molecule is Cc1ccc(C(=O)Oc2ccc(Br)cc2/C=N/NC(=O)COc2ccc(Cl)cc2Cl)cc1. The van der Waals surface area contributed by atoms with Crippen LogP contribution < -0.4 is 14.9 Å². The van der Waals surface area contributed by atoms with Crippen LogP contribution in [0.1, 0.15) is 21.5 Å². The van der Waals surface area contributed by atoms with Crippen LogP contribution in [0.25, 0.3) is 0 Å². The van der Waals surface area contributed by atoms with Gasteiger partial charge in [-0.1, -0.05) is 56.8 Å². The Morgan fingerprint density at radius 2 is 1.75 bits per heavy atom. The highest BCUT2D eigenvalue weighted by atomic mass is 79.9. The summed E-state index contributed by atoms with van der Waals surface area (Å²) in [6, 6.07) is 16.8. The molecule has 1 N–H and O–H groups in total. The maximum Gasteiger partial charge on any atom is 0.343 e. The summed E-state index contributed by atoms with van der Waals surface area (Å²) in [7, 11) is 0. The normalized spacial score (nSPS) is 10.8. The van der Waals surface area contributed by atoms with Crippen LogP contribution in [0, 0.1) is 6.92 Å². The summed E-state index contributed by atoms with van der Waals surface area (Å²) in [5.74, 6) is -0.381. The minimum atomic E-state index is -0.501. The molecule has 0 radical (unpaired) electrons. The Hall–Kier alpha value is -2.87. The Morgan fingerprint density at radius 1 is 1.03 bits per heavy atom. The highest BCUT2D eigenvalue weighted by Gasteiger charge is 2.12. The third kappa shape index (κ3) is 6.82. The predicted octanol–water partition coefficient (Wildman–Crippen LogP) is 5.81. The molecule has 0 fully saturated rings. The predicted molar refractivity (Wildman–Crippen MR) is 128 cm³/mol. The van der Waals surface area contributed by atoms with Crippen LogP contribution >= 0.6 is 39.1 Å². The van der Waals surface area contributed by atoms with E-state index in [0.29, 0.717) is 32.7 Å². The summed E-state index contributed by atoms with van der Waals surface area (Å²) in [5.41, 5.74) is 4.30. The van der Waals surface area contributed by atoms with Gasteiger partial charge in [0.15, 0.2) is 6.61 Å². The highest BCUT2D eigenvalue weighted by molar-refractivity contribution is 9.10. The van der Waals surface area contributed by atoms with Crippen molar-refractivity contribution in [3.63, 3.8) is 0 Å². The number of ether oxygens (including phenoxy) is 2. The average Bonchev–Trinajstić information content (AvgIpc) is 2.75. The minimum absolute atomic E-state index is 0.293. The number of esters is 1. The zero-order chi connectivity index (χ0) is 23.1. The Balaban J connectivity index is 1.62. The van der Waals surface area contributed by atoms with Gasteiger partial charge in [0.1, 0.15) is 11.5 Å². The van der Waals surface area contributed by atoms with Crippen molar-refractivity contribution < 1.29 is 19.1 Å². The molecule has 32 heavy (non-hydrogen) atoms. The van der Waals surface area contributed by atoms with Gasteiger partial charge in [-0.15, -0.1) is 0 Å². The van der Waals surface area contributed by atoms with E-state index in [2.05, 4.69) is 26.5 Å². The van der Waals surface area contributed by atoms with Crippen molar-refractivity contribution >= 4 is 57.2 Å². The lowest BCUT2D eigenvalue weighted by Crippen LogP contribution is -2.24. The van der Waals surface area contributed by atoms with Gasteiger partial charge in [0.2, 0.25) is 0 Å². The van der Waals surface area contributed by atoms with E-state index in [0.717, 1.165) is 10.0 Å². The molecule has 0 spiro atoms. The molecule has 0 unspecified atom stereocenters. The third-order valence-corrected chi connectivity index (χ3v) is 5.13. The molecule has 0 aliphatic heterocycles. The van der Waals surface area contributed by atoms with Crippen molar-refractivity contribution in [3.05, 3.63) is 91.9 Å². The van der Waals surface area contributed by atoms with Crippen molar-refractivity contribution in [2.45, 2.75) is 6.92 Å².